The van der Waals surface area contributed by atoms with Gasteiger partial charge in [0.1, 0.15) is 5.75 Å². The second-order valence-corrected chi connectivity index (χ2v) is 7.70. The number of nitrogens with one attached hydrogen (secondary N) is 2. The lowest BCUT2D eigenvalue weighted by atomic mass is 9.92. The van der Waals surface area contributed by atoms with Crippen molar-refractivity contribution in [2.75, 3.05) is 6.54 Å². The van der Waals surface area contributed by atoms with Gasteiger partial charge in [0.25, 0.3) is 5.91 Å². The standard InChI is InChI=1S/C24H19BrN2O4/c25-20-13-12-19(31-20)24(30)26-14-21(29)27-23(16-7-2-1-3-8-16)22-17-9-5-4-6-15(17)10-11-18(22)28/h1-13,23,28H,14H2,(H,26,30)(H,27,29). The van der Waals surface area contributed by atoms with E-state index >= 15 is 0 Å². The van der Waals surface area contributed by atoms with Crippen molar-refractivity contribution in [2.45, 2.75) is 6.04 Å². The zero-order valence-electron chi connectivity index (χ0n) is 16.3. The van der Waals surface area contributed by atoms with E-state index in [9.17, 15) is 14.7 Å². The second kappa shape index (κ2) is 9.06. The predicted molar refractivity (Wildman–Crippen MR) is 121 cm³/mol. The van der Waals surface area contributed by atoms with Crippen LogP contribution in [0.2, 0.25) is 0 Å². The fourth-order valence-electron chi connectivity index (χ4n) is 3.45. The minimum absolute atomic E-state index is 0.0809. The van der Waals surface area contributed by atoms with Crippen molar-refractivity contribution >= 4 is 38.5 Å². The molecule has 0 aliphatic rings. The summed E-state index contributed by atoms with van der Waals surface area (Å²) in [7, 11) is 0. The highest BCUT2D eigenvalue weighted by molar-refractivity contribution is 9.10. The molecule has 156 valence electrons. The van der Waals surface area contributed by atoms with Gasteiger partial charge < -0.3 is 20.2 Å². The number of hydrogen-bond donors (Lipinski definition) is 3. The van der Waals surface area contributed by atoms with Crippen LogP contribution in [0.25, 0.3) is 10.8 Å². The Hall–Kier alpha value is -3.58. The molecule has 3 N–H and O–H groups in total. The molecule has 6 nitrogen and oxygen atoms in total. The smallest absolute Gasteiger partial charge is 0.287 e. The van der Waals surface area contributed by atoms with Gasteiger partial charge in [0.05, 0.1) is 12.6 Å². The highest BCUT2D eigenvalue weighted by atomic mass is 79.9. The molecule has 1 aromatic heterocycles. The van der Waals surface area contributed by atoms with Gasteiger partial charge in [0.15, 0.2) is 10.4 Å². The molecule has 1 atom stereocenters. The Labute approximate surface area is 187 Å². The largest absolute Gasteiger partial charge is 0.508 e. The van der Waals surface area contributed by atoms with Gasteiger partial charge >= 0.3 is 0 Å². The Balaban J connectivity index is 1.61. The van der Waals surface area contributed by atoms with Crippen molar-refractivity contribution < 1.29 is 19.1 Å². The van der Waals surface area contributed by atoms with E-state index in [4.69, 9.17) is 4.42 Å². The van der Waals surface area contributed by atoms with Crippen molar-refractivity contribution in [3.63, 3.8) is 0 Å². The van der Waals surface area contributed by atoms with E-state index < -0.39 is 17.9 Å². The number of carbonyl (C=O) groups is 2. The third-order valence-electron chi connectivity index (χ3n) is 4.88. The Morgan fingerprint density at radius 3 is 2.42 bits per heavy atom. The third kappa shape index (κ3) is 4.62. The van der Waals surface area contributed by atoms with E-state index in [1.165, 1.54) is 6.07 Å². The molecule has 1 heterocycles. The van der Waals surface area contributed by atoms with Crippen LogP contribution in [0.15, 0.2) is 87.9 Å². The fourth-order valence-corrected chi connectivity index (χ4v) is 3.76. The Morgan fingerprint density at radius 2 is 1.68 bits per heavy atom. The number of fused-ring (bicyclic) bond motifs is 1. The zero-order chi connectivity index (χ0) is 21.8. The van der Waals surface area contributed by atoms with Gasteiger partial charge in [-0.2, -0.15) is 0 Å². The molecule has 0 saturated carbocycles. The number of phenols is 1. The van der Waals surface area contributed by atoms with Crippen molar-refractivity contribution in [3.8, 4) is 5.75 Å². The van der Waals surface area contributed by atoms with Crippen molar-refractivity contribution in [2.24, 2.45) is 0 Å². The zero-order valence-corrected chi connectivity index (χ0v) is 17.9. The summed E-state index contributed by atoms with van der Waals surface area (Å²) in [6, 6.07) is 23.0. The fraction of sp³-hybridized carbons (Fsp3) is 0.0833. The Bertz CT molecular complexity index is 1240. The summed E-state index contributed by atoms with van der Waals surface area (Å²) in [6.07, 6.45) is 0. The summed E-state index contributed by atoms with van der Waals surface area (Å²) in [4.78, 5) is 24.9. The van der Waals surface area contributed by atoms with E-state index in [1.807, 2.05) is 60.7 Å². The molecule has 4 aromatic rings. The minimum atomic E-state index is -0.602. The highest BCUT2D eigenvalue weighted by Crippen LogP contribution is 2.35. The molecule has 7 heteroatoms. The lowest BCUT2D eigenvalue weighted by Gasteiger charge is -2.22. The maximum absolute atomic E-state index is 12.7. The quantitative estimate of drug-likeness (QED) is 0.379. The number of hydrogen-bond acceptors (Lipinski definition) is 4. The van der Waals surface area contributed by atoms with Gasteiger partial charge in [-0.15, -0.1) is 0 Å². The average Bonchev–Trinajstić information content (AvgIpc) is 3.23. The molecular weight excluding hydrogens is 460 g/mol. The van der Waals surface area contributed by atoms with Gasteiger partial charge in [0.2, 0.25) is 5.91 Å². The summed E-state index contributed by atoms with van der Waals surface area (Å²) in [5.41, 5.74) is 1.41. The van der Waals surface area contributed by atoms with Crippen molar-refractivity contribution in [3.05, 3.63) is 100 Å². The van der Waals surface area contributed by atoms with Gasteiger partial charge in [-0.1, -0.05) is 60.7 Å². The molecule has 2 amide bonds. The number of furan rings is 1. The molecule has 31 heavy (non-hydrogen) atoms. The summed E-state index contributed by atoms with van der Waals surface area (Å²) in [5, 5.41) is 18.0. The number of aromatic hydroxyl groups is 1. The second-order valence-electron chi connectivity index (χ2n) is 6.92. The monoisotopic (exact) mass is 478 g/mol. The van der Waals surface area contributed by atoms with Crippen LogP contribution >= 0.6 is 15.9 Å². The first-order valence-electron chi connectivity index (χ1n) is 9.61. The number of amides is 2. The van der Waals surface area contributed by atoms with Crippen LogP contribution in [0.5, 0.6) is 5.75 Å². The SMILES string of the molecule is O=C(CNC(=O)c1ccc(Br)o1)NC(c1ccccc1)c1c(O)ccc2ccccc12. The molecular formula is C24H19BrN2O4. The summed E-state index contributed by atoms with van der Waals surface area (Å²) >= 11 is 3.14. The van der Waals surface area contributed by atoms with E-state index in [0.29, 0.717) is 10.2 Å². The minimum Gasteiger partial charge on any atom is -0.508 e. The average molecular weight is 479 g/mol. The number of halogens is 1. The van der Waals surface area contributed by atoms with E-state index in [0.717, 1.165) is 16.3 Å². The maximum Gasteiger partial charge on any atom is 0.287 e. The van der Waals surface area contributed by atoms with Crippen molar-refractivity contribution in [1.82, 2.24) is 10.6 Å². The number of rotatable bonds is 6. The van der Waals surface area contributed by atoms with Crippen LogP contribution in [0.3, 0.4) is 0 Å². The molecule has 0 saturated heterocycles. The van der Waals surface area contributed by atoms with Gasteiger partial charge in [-0.3, -0.25) is 9.59 Å². The molecule has 0 radical (unpaired) electrons. The highest BCUT2D eigenvalue weighted by Gasteiger charge is 2.23. The predicted octanol–water partition coefficient (Wildman–Crippen LogP) is 4.54. The number of carbonyl (C=O) groups excluding carboxylic acids is 2. The van der Waals surface area contributed by atoms with E-state index in [2.05, 4.69) is 26.6 Å². The first kappa shape index (κ1) is 20.7. The molecule has 1 unspecified atom stereocenters. The number of benzene rings is 3. The molecule has 0 aliphatic carbocycles. The van der Waals surface area contributed by atoms with Crippen LogP contribution in [0.4, 0.5) is 0 Å². The van der Waals surface area contributed by atoms with Crippen LogP contribution in [0.1, 0.15) is 27.7 Å². The van der Waals surface area contributed by atoms with E-state index in [1.54, 1.807) is 12.1 Å². The third-order valence-corrected chi connectivity index (χ3v) is 5.31. The lowest BCUT2D eigenvalue weighted by molar-refractivity contribution is -0.120. The molecule has 0 fully saturated rings. The summed E-state index contributed by atoms with van der Waals surface area (Å²) in [6.45, 7) is -0.244. The first-order valence-corrected chi connectivity index (χ1v) is 10.4. The van der Waals surface area contributed by atoms with E-state index in [-0.39, 0.29) is 18.1 Å². The van der Waals surface area contributed by atoms with Crippen LogP contribution in [-0.4, -0.2) is 23.5 Å². The van der Waals surface area contributed by atoms with Gasteiger partial charge in [-0.25, -0.2) is 0 Å². The van der Waals surface area contributed by atoms with Crippen LogP contribution in [-0.2, 0) is 4.79 Å². The molecule has 4 rings (SSSR count). The molecule has 3 aromatic carbocycles. The lowest BCUT2D eigenvalue weighted by Crippen LogP contribution is -2.39. The maximum atomic E-state index is 12.7. The summed E-state index contributed by atoms with van der Waals surface area (Å²) < 4.78 is 5.63. The molecule has 0 aliphatic heterocycles. The molecule has 0 bridgehead atoms. The number of phenolic OH excluding ortho intramolecular Hbond substituents is 1. The summed E-state index contributed by atoms with van der Waals surface area (Å²) in [5.74, 6) is -0.714. The normalized spacial score (nSPS) is 11.8. The van der Waals surface area contributed by atoms with Crippen LogP contribution in [0, 0.1) is 0 Å². The Kier molecular flexibility index (Phi) is 6.04. The van der Waals surface area contributed by atoms with Crippen LogP contribution < -0.4 is 10.6 Å². The first-order chi connectivity index (χ1) is 15.0. The van der Waals surface area contributed by atoms with Gasteiger partial charge in [0, 0.05) is 5.56 Å². The van der Waals surface area contributed by atoms with Gasteiger partial charge in [-0.05, 0) is 50.5 Å². The van der Waals surface area contributed by atoms with Crippen molar-refractivity contribution in [1.29, 1.82) is 0 Å². The Morgan fingerprint density at radius 1 is 0.935 bits per heavy atom. The molecule has 0 spiro atoms. The topological polar surface area (TPSA) is 91.6 Å².